The number of ether oxygens (including phenoxy) is 1. The van der Waals surface area contributed by atoms with E-state index in [2.05, 4.69) is 37.3 Å². The van der Waals surface area contributed by atoms with E-state index in [0.717, 1.165) is 22.1 Å². The van der Waals surface area contributed by atoms with Gasteiger partial charge in [0.1, 0.15) is 22.9 Å². The first kappa shape index (κ1) is 15.1. The fourth-order valence-electron chi connectivity index (χ4n) is 2.78. The number of halogens is 1. The molecule has 2 aromatic heterocycles. The summed E-state index contributed by atoms with van der Waals surface area (Å²) in [6.07, 6.45) is 5.43. The molecule has 1 saturated carbocycles. The molecule has 0 atom stereocenters. The van der Waals surface area contributed by atoms with Crippen LogP contribution in [0.3, 0.4) is 0 Å². The molecule has 6 nitrogen and oxygen atoms in total. The minimum atomic E-state index is 0.280. The maximum Gasteiger partial charge on any atom is 0.237 e. The Hall–Kier alpha value is -2.46. The van der Waals surface area contributed by atoms with E-state index in [-0.39, 0.29) is 5.88 Å². The normalized spacial score (nSPS) is 14.3. The number of fused-ring (bicyclic) bond motifs is 1. The Bertz CT molecular complexity index is 942. The van der Waals surface area contributed by atoms with Gasteiger partial charge in [-0.15, -0.1) is 5.10 Å². The third kappa shape index (κ3) is 2.63. The number of pyridine rings is 1. The summed E-state index contributed by atoms with van der Waals surface area (Å²) in [4.78, 5) is 4.12. The molecule has 0 aliphatic heterocycles. The van der Waals surface area contributed by atoms with Crippen molar-refractivity contribution in [1.82, 2.24) is 20.0 Å². The summed E-state index contributed by atoms with van der Waals surface area (Å²) in [5, 5.41) is 17.7. The number of hydrogen-bond acceptors (Lipinski definition) is 5. The number of nitriles is 1. The molecule has 0 amide bonds. The molecule has 24 heavy (non-hydrogen) atoms. The Kier molecular flexibility index (Phi) is 3.90. The molecule has 1 aliphatic rings. The summed E-state index contributed by atoms with van der Waals surface area (Å²) >= 11 is 3.54. The third-order valence-electron chi connectivity index (χ3n) is 4.34. The minimum Gasteiger partial charge on any atom is -0.436 e. The van der Waals surface area contributed by atoms with E-state index in [1.165, 1.54) is 19.3 Å². The van der Waals surface area contributed by atoms with Crippen LogP contribution in [0.2, 0.25) is 0 Å². The second-order valence-electron chi connectivity index (χ2n) is 5.88. The highest BCUT2D eigenvalue weighted by atomic mass is 79.9. The van der Waals surface area contributed by atoms with Crippen LogP contribution in [0.5, 0.6) is 11.6 Å². The predicted molar refractivity (Wildman–Crippen MR) is 91.6 cm³/mol. The lowest BCUT2D eigenvalue weighted by atomic mass is 9.85. The average molecular weight is 384 g/mol. The summed E-state index contributed by atoms with van der Waals surface area (Å²) in [7, 11) is 0. The Morgan fingerprint density at radius 3 is 2.96 bits per heavy atom. The van der Waals surface area contributed by atoms with Gasteiger partial charge in [-0.1, -0.05) is 11.6 Å². The van der Waals surface area contributed by atoms with Gasteiger partial charge in [0.05, 0.1) is 9.99 Å². The summed E-state index contributed by atoms with van der Waals surface area (Å²) in [5.74, 6) is 1.55. The fraction of sp³-hybridized carbons (Fsp3) is 0.294. The Balaban J connectivity index is 1.67. The summed E-state index contributed by atoms with van der Waals surface area (Å²) < 4.78 is 8.48. The molecule has 3 aromatic rings. The van der Waals surface area contributed by atoms with Gasteiger partial charge < -0.3 is 4.74 Å². The van der Waals surface area contributed by atoms with E-state index in [4.69, 9.17) is 10.00 Å². The number of benzene rings is 1. The van der Waals surface area contributed by atoms with Crippen LogP contribution in [0.25, 0.3) is 11.0 Å². The van der Waals surface area contributed by atoms with Crippen molar-refractivity contribution in [3.8, 4) is 17.7 Å². The molecule has 0 spiro atoms. The first-order valence-electron chi connectivity index (χ1n) is 7.81. The van der Waals surface area contributed by atoms with Crippen LogP contribution in [-0.4, -0.2) is 20.0 Å². The van der Waals surface area contributed by atoms with Gasteiger partial charge in [-0.25, -0.2) is 9.67 Å². The van der Waals surface area contributed by atoms with E-state index in [1.807, 2.05) is 16.8 Å². The predicted octanol–water partition coefficient (Wildman–Crippen LogP) is 4.05. The van der Waals surface area contributed by atoms with Crippen molar-refractivity contribution >= 4 is 27.0 Å². The molecule has 0 radical (unpaired) electrons. The number of rotatable bonds is 4. The van der Waals surface area contributed by atoms with Crippen LogP contribution in [-0.2, 0) is 6.54 Å². The van der Waals surface area contributed by atoms with Gasteiger partial charge in [0.15, 0.2) is 0 Å². The van der Waals surface area contributed by atoms with E-state index in [9.17, 15) is 0 Å². The van der Waals surface area contributed by atoms with E-state index in [0.29, 0.717) is 17.2 Å². The molecule has 120 valence electrons. The Labute approximate surface area is 147 Å². The zero-order chi connectivity index (χ0) is 16.5. The highest BCUT2D eigenvalue weighted by Gasteiger charge is 2.21. The zero-order valence-electron chi connectivity index (χ0n) is 12.8. The first-order chi connectivity index (χ1) is 11.8. The summed E-state index contributed by atoms with van der Waals surface area (Å²) in [5.41, 5.74) is 2.11. The lowest BCUT2D eigenvalue weighted by Crippen LogP contribution is -2.18. The average Bonchev–Trinajstić information content (AvgIpc) is 2.98. The highest BCUT2D eigenvalue weighted by molar-refractivity contribution is 9.10. The van der Waals surface area contributed by atoms with Crippen LogP contribution >= 0.6 is 15.9 Å². The zero-order valence-corrected chi connectivity index (χ0v) is 14.4. The molecule has 0 unspecified atom stereocenters. The largest absolute Gasteiger partial charge is 0.436 e. The van der Waals surface area contributed by atoms with Crippen LogP contribution in [0.15, 0.2) is 34.9 Å². The molecule has 7 heteroatoms. The fourth-order valence-corrected chi connectivity index (χ4v) is 3.28. The Morgan fingerprint density at radius 2 is 2.21 bits per heavy atom. The van der Waals surface area contributed by atoms with Crippen molar-refractivity contribution in [2.75, 3.05) is 0 Å². The molecular weight excluding hydrogens is 370 g/mol. The summed E-state index contributed by atoms with van der Waals surface area (Å²) in [6.45, 7) is 0.905. The van der Waals surface area contributed by atoms with Gasteiger partial charge in [0.25, 0.3) is 0 Å². The Morgan fingerprint density at radius 1 is 1.33 bits per heavy atom. The highest BCUT2D eigenvalue weighted by Crippen LogP contribution is 2.36. The van der Waals surface area contributed by atoms with Gasteiger partial charge in [-0.05, 0) is 59.0 Å². The van der Waals surface area contributed by atoms with Crippen molar-refractivity contribution in [2.45, 2.75) is 25.8 Å². The summed E-state index contributed by atoms with van der Waals surface area (Å²) in [6, 6.07) is 9.25. The molecule has 0 N–H and O–H groups in total. The lowest BCUT2D eigenvalue weighted by Gasteiger charge is -2.24. The van der Waals surface area contributed by atoms with Crippen LogP contribution in [0.4, 0.5) is 0 Å². The monoisotopic (exact) mass is 383 g/mol. The standard InChI is InChI=1S/C17H14BrN5O/c18-15-14(24-17-12(9-19)5-2-8-20-17)7-6-13-16(15)21-22-23(13)10-11-3-1-4-11/h2,5-8,11H,1,3-4,10H2. The van der Waals surface area contributed by atoms with Gasteiger partial charge in [-0.2, -0.15) is 5.26 Å². The van der Waals surface area contributed by atoms with Crippen molar-refractivity contribution < 1.29 is 4.74 Å². The minimum absolute atomic E-state index is 0.280. The van der Waals surface area contributed by atoms with Gasteiger partial charge >= 0.3 is 0 Å². The van der Waals surface area contributed by atoms with Gasteiger partial charge in [0, 0.05) is 12.7 Å². The molecule has 1 aliphatic carbocycles. The van der Waals surface area contributed by atoms with Crippen molar-refractivity contribution in [3.63, 3.8) is 0 Å². The number of aromatic nitrogens is 4. The quantitative estimate of drug-likeness (QED) is 0.678. The van der Waals surface area contributed by atoms with Crippen LogP contribution < -0.4 is 4.74 Å². The number of hydrogen-bond donors (Lipinski definition) is 0. The van der Waals surface area contributed by atoms with Crippen molar-refractivity contribution in [3.05, 3.63) is 40.5 Å². The molecule has 0 bridgehead atoms. The molecule has 1 fully saturated rings. The second kappa shape index (κ2) is 6.21. The van der Waals surface area contributed by atoms with E-state index in [1.54, 1.807) is 18.3 Å². The smallest absolute Gasteiger partial charge is 0.237 e. The van der Waals surface area contributed by atoms with Gasteiger partial charge in [-0.3, -0.25) is 0 Å². The second-order valence-corrected chi connectivity index (χ2v) is 6.68. The maximum absolute atomic E-state index is 9.15. The van der Waals surface area contributed by atoms with Crippen molar-refractivity contribution in [1.29, 1.82) is 5.26 Å². The molecule has 2 heterocycles. The van der Waals surface area contributed by atoms with E-state index >= 15 is 0 Å². The first-order valence-corrected chi connectivity index (χ1v) is 8.60. The lowest BCUT2D eigenvalue weighted by molar-refractivity contribution is 0.268. The van der Waals surface area contributed by atoms with E-state index < -0.39 is 0 Å². The topological polar surface area (TPSA) is 76.6 Å². The van der Waals surface area contributed by atoms with Crippen molar-refractivity contribution in [2.24, 2.45) is 5.92 Å². The third-order valence-corrected chi connectivity index (χ3v) is 5.11. The molecule has 1 aromatic carbocycles. The molecular formula is C17H14BrN5O. The maximum atomic E-state index is 9.15. The van der Waals surface area contributed by atoms with Crippen LogP contribution in [0.1, 0.15) is 24.8 Å². The molecule has 4 rings (SSSR count). The number of nitrogens with zero attached hydrogens (tertiary/aromatic N) is 5. The van der Waals surface area contributed by atoms with Crippen LogP contribution in [0, 0.1) is 17.2 Å². The SMILES string of the molecule is N#Cc1cccnc1Oc1ccc2c(nnn2CC2CCC2)c1Br. The molecule has 0 saturated heterocycles. The van der Waals surface area contributed by atoms with Gasteiger partial charge in [0.2, 0.25) is 5.88 Å².